The quantitative estimate of drug-likeness (QED) is 0.596. The van der Waals surface area contributed by atoms with E-state index < -0.39 is 0 Å². The maximum atomic E-state index is 12.4. The molecule has 0 fully saturated rings. The van der Waals surface area contributed by atoms with E-state index >= 15 is 0 Å². The third-order valence-corrected chi connectivity index (χ3v) is 4.67. The van der Waals surface area contributed by atoms with Gasteiger partial charge in [0.2, 0.25) is 0 Å². The topological polar surface area (TPSA) is 63.2 Å². The highest BCUT2D eigenvalue weighted by Crippen LogP contribution is 2.18. The van der Waals surface area contributed by atoms with Gasteiger partial charge in [-0.15, -0.1) is 0 Å². The van der Waals surface area contributed by atoms with Crippen LogP contribution in [0.25, 0.3) is 0 Å². The molecule has 0 spiro atoms. The van der Waals surface area contributed by atoms with Crippen LogP contribution in [0.5, 0.6) is 5.75 Å². The zero-order chi connectivity index (χ0) is 19.8. The van der Waals surface area contributed by atoms with E-state index in [1.807, 2.05) is 54.6 Å². The summed E-state index contributed by atoms with van der Waals surface area (Å²) in [6, 6.07) is 19.0. The standard InChI is InChI=1S/C22H22ClN3O2/c1-28-21-9-5-3-6-16(21)10-12-25-22(27)20-14-18(11-13-24-20)26-15-17-7-2-4-8-19(17)23/h2-9,11,13-14H,10,12,15H2,1H3,(H,24,26)(H,25,27). The second-order valence-electron chi connectivity index (χ2n) is 6.19. The summed E-state index contributed by atoms with van der Waals surface area (Å²) in [5, 5.41) is 6.88. The Kier molecular flexibility index (Phi) is 6.87. The Morgan fingerprint density at radius 2 is 1.82 bits per heavy atom. The molecule has 0 aliphatic carbocycles. The Labute approximate surface area is 169 Å². The number of amides is 1. The van der Waals surface area contributed by atoms with Gasteiger partial charge in [0.05, 0.1) is 7.11 Å². The SMILES string of the molecule is COc1ccccc1CCNC(=O)c1cc(NCc2ccccc2Cl)ccn1. The van der Waals surface area contributed by atoms with Crippen molar-refractivity contribution in [3.05, 3.63) is 88.7 Å². The number of carbonyl (C=O) groups excluding carboxylic acids is 1. The summed E-state index contributed by atoms with van der Waals surface area (Å²) in [6.45, 7) is 1.07. The lowest BCUT2D eigenvalue weighted by atomic mass is 10.1. The van der Waals surface area contributed by atoms with Gasteiger partial charge in [0.15, 0.2) is 0 Å². The fourth-order valence-electron chi connectivity index (χ4n) is 2.81. The van der Waals surface area contributed by atoms with Gasteiger partial charge in [-0.2, -0.15) is 0 Å². The molecular formula is C22H22ClN3O2. The van der Waals surface area contributed by atoms with Crippen molar-refractivity contribution in [1.82, 2.24) is 10.3 Å². The maximum absolute atomic E-state index is 12.4. The van der Waals surface area contributed by atoms with Gasteiger partial charge in [-0.25, -0.2) is 0 Å². The minimum atomic E-state index is -0.212. The lowest BCUT2D eigenvalue weighted by Crippen LogP contribution is -2.26. The number of benzene rings is 2. The van der Waals surface area contributed by atoms with Crippen LogP contribution in [-0.4, -0.2) is 24.5 Å². The normalized spacial score (nSPS) is 10.4. The second kappa shape index (κ2) is 9.76. The molecule has 2 aromatic carbocycles. The number of hydrogen-bond acceptors (Lipinski definition) is 4. The summed E-state index contributed by atoms with van der Waals surface area (Å²) in [6.07, 6.45) is 2.30. The number of nitrogens with one attached hydrogen (secondary N) is 2. The minimum Gasteiger partial charge on any atom is -0.496 e. The number of nitrogens with zero attached hydrogens (tertiary/aromatic N) is 1. The molecular weight excluding hydrogens is 374 g/mol. The number of pyridine rings is 1. The molecule has 1 amide bonds. The van der Waals surface area contributed by atoms with Crippen molar-refractivity contribution in [3.63, 3.8) is 0 Å². The van der Waals surface area contributed by atoms with Crippen molar-refractivity contribution in [1.29, 1.82) is 0 Å². The van der Waals surface area contributed by atoms with E-state index in [1.165, 1.54) is 0 Å². The fourth-order valence-corrected chi connectivity index (χ4v) is 3.02. The predicted octanol–water partition coefficient (Wildman–Crippen LogP) is 4.33. The first-order chi connectivity index (χ1) is 13.7. The molecule has 0 saturated carbocycles. The van der Waals surface area contributed by atoms with Gasteiger partial charge in [-0.3, -0.25) is 9.78 Å². The first-order valence-electron chi connectivity index (χ1n) is 9.01. The summed E-state index contributed by atoms with van der Waals surface area (Å²) in [4.78, 5) is 16.6. The Balaban J connectivity index is 1.55. The molecule has 1 heterocycles. The zero-order valence-electron chi connectivity index (χ0n) is 15.6. The Morgan fingerprint density at radius 3 is 2.61 bits per heavy atom. The molecule has 3 rings (SSSR count). The van der Waals surface area contributed by atoms with Crippen LogP contribution in [0, 0.1) is 0 Å². The number of halogens is 1. The highest BCUT2D eigenvalue weighted by molar-refractivity contribution is 6.31. The summed E-state index contributed by atoms with van der Waals surface area (Å²) < 4.78 is 5.33. The van der Waals surface area contributed by atoms with Crippen molar-refractivity contribution < 1.29 is 9.53 Å². The number of rotatable bonds is 8. The van der Waals surface area contributed by atoms with Gasteiger partial charge in [-0.05, 0) is 41.8 Å². The summed E-state index contributed by atoms with van der Waals surface area (Å²) in [5.74, 6) is 0.608. The highest BCUT2D eigenvalue weighted by atomic mass is 35.5. The molecule has 0 aliphatic rings. The number of methoxy groups -OCH3 is 1. The summed E-state index contributed by atoms with van der Waals surface area (Å²) in [7, 11) is 1.64. The molecule has 6 heteroatoms. The van der Waals surface area contributed by atoms with Crippen molar-refractivity contribution in [2.45, 2.75) is 13.0 Å². The van der Waals surface area contributed by atoms with Gasteiger partial charge < -0.3 is 15.4 Å². The molecule has 1 aromatic heterocycles. The highest BCUT2D eigenvalue weighted by Gasteiger charge is 2.09. The van der Waals surface area contributed by atoms with Crippen LogP contribution in [0.15, 0.2) is 66.9 Å². The van der Waals surface area contributed by atoms with Crippen molar-refractivity contribution in [2.75, 3.05) is 19.0 Å². The average molecular weight is 396 g/mol. The monoisotopic (exact) mass is 395 g/mol. The van der Waals surface area contributed by atoms with Crippen LogP contribution >= 0.6 is 11.6 Å². The van der Waals surface area contributed by atoms with Crippen LogP contribution in [0.1, 0.15) is 21.6 Å². The number of ether oxygens (including phenoxy) is 1. The number of para-hydroxylation sites is 1. The molecule has 0 radical (unpaired) electrons. The third-order valence-electron chi connectivity index (χ3n) is 4.31. The molecule has 0 saturated heterocycles. The third kappa shape index (κ3) is 5.24. The first-order valence-corrected chi connectivity index (χ1v) is 9.38. The molecule has 2 N–H and O–H groups in total. The molecule has 3 aromatic rings. The molecule has 0 bridgehead atoms. The van der Waals surface area contributed by atoms with Crippen LogP contribution in [0.3, 0.4) is 0 Å². The van der Waals surface area contributed by atoms with E-state index in [4.69, 9.17) is 16.3 Å². The van der Waals surface area contributed by atoms with Gasteiger partial charge >= 0.3 is 0 Å². The molecule has 28 heavy (non-hydrogen) atoms. The zero-order valence-corrected chi connectivity index (χ0v) is 16.4. The minimum absolute atomic E-state index is 0.212. The van der Waals surface area contributed by atoms with Gasteiger partial charge in [0, 0.05) is 30.0 Å². The predicted molar refractivity (Wildman–Crippen MR) is 112 cm³/mol. The van der Waals surface area contributed by atoms with Gasteiger partial charge in [0.1, 0.15) is 11.4 Å². The van der Waals surface area contributed by atoms with Crippen molar-refractivity contribution >= 4 is 23.2 Å². The van der Waals surface area contributed by atoms with E-state index in [2.05, 4.69) is 15.6 Å². The van der Waals surface area contributed by atoms with E-state index in [1.54, 1.807) is 19.4 Å². The summed E-state index contributed by atoms with van der Waals surface area (Å²) >= 11 is 6.18. The first kappa shape index (κ1) is 19.7. The lowest BCUT2D eigenvalue weighted by molar-refractivity contribution is 0.0949. The van der Waals surface area contributed by atoms with Crippen molar-refractivity contribution in [2.24, 2.45) is 0 Å². The number of aromatic nitrogens is 1. The molecule has 0 atom stereocenters. The van der Waals surface area contributed by atoms with Crippen molar-refractivity contribution in [3.8, 4) is 5.75 Å². The lowest BCUT2D eigenvalue weighted by Gasteiger charge is -2.10. The Bertz CT molecular complexity index is 946. The second-order valence-corrected chi connectivity index (χ2v) is 6.60. The van der Waals surface area contributed by atoms with Crippen LogP contribution < -0.4 is 15.4 Å². The molecule has 0 unspecified atom stereocenters. The number of hydrogen-bond donors (Lipinski definition) is 2. The maximum Gasteiger partial charge on any atom is 0.269 e. The Hall–Kier alpha value is -3.05. The average Bonchev–Trinajstić information content (AvgIpc) is 2.73. The Morgan fingerprint density at radius 1 is 1.07 bits per heavy atom. The van der Waals surface area contributed by atoms with Crippen LogP contribution in [0.4, 0.5) is 5.69 Å². The van der Waals surface area contributed by atoms with Gasteiger partial charge in [-0.1, -0.05) is 48.0 Å². The largest absolute Gasteiger partial charge is 0.496 e. The van der Waals surface area contributed by atoms with Crippen LogP contribution in [0.2, 0.25) is 5.02 Å². The van der Waals surface area contributed by atoms with Crippen LogP contribution in [-0.2, 0) is 13.0 Å². The summed E-state index contributed by atoms with van der Waals surface area (Å²) in [5.41, 5.74) is 3.21. The van der Waals surface area contributed by atoms with E-state index in [0.717, 1.165) is 22.6 Å². The molecule has 0 aliphatic heterocycles. The molecule has 5 nitrogen and oxygen atoms in total. The van der Waals surface area contributed by atoms with E-state index in [0.29, 0.717) is 30.2 Å². The van der Waals surface area contributed by atoms with Gasteiger partial charge in [0.25, 0.3) is 5.91 Å². The smallest absolute Gasteiger partial charge is 0.269 e. The molecule has 144 valence electrons. The number of anilines is 1. The number of carbonyl (C=O) groups is 1. The van der Waals surface area contributed by atoms with E-state index in [9.17, 15) is 4.79 Å². The fraction of sp³-hybridized carbons (Fsp3) is 0.182. The van der Waals surface area contributed by atoms with E-state index in [-0.39, 0.29) is 5.91 Å².